The van der Waals surface area contributed by atoms with E-state index in [9.17, 15) is 13.9 Å². The van der Waals surface area contributed by atoms with Crippen LogP contribution >= 0.6 is 0 Å². The summed E-state index contributed by atoms with van der Waals surface area (Å²) >= 11 is 0. The third-order valence-electron chi connectivity index (χ3n) is 6.46. The summed E-state index contributed by atoms with van der Waals surface area (Å²) in [5.41, 5.74) is 2.96. The summed E-state index contributed by atoms with van der Waals surface area (Å²) in [7, 11) is 0. The van der Waals surface area contributed by atoms with E-state index in [0.29, 0.717) is 41.1 Å². The van der Waals surface area contributed by atoms with Crippen LogP contribution in [0.2, 0.25) is 0 Å². The van der Waals surface area contributed by atoms with Crippen molar-refractivity contribution < 1.29 is 18.6 Å². The van der Waals surface area contributed by atoms with E-state index in [1.807, 2.05) is 13.0 Å². The van der Waals surface area contributed by atoms with Crippen LogP contribution in [0.1, 0.15) is 43.4 Å². The van der Waals surface area contributed by atoms with Crippen molar-refractivity contribution in [3.63, 3.8) is 0 Å². The Morgan fingerprint density at radius 3 is 2.78 bits per heavy atom. The summed E-state index contributed by atoms with van der Waals surface area (Å²) in [6, 6.07) is 8.40. The van der Waals surface area contributed by atoms with Crippen molar-refractivity contribution in [1.82, 2.24) is 34.4 Å². The fourth-order valence-corrected chi connectivity index (χ4v) is 4.59. The first-order chi connectivity index (χ1) is 17.4. The number of hydrogen-bond acceptors (Lipinski definition) is 8. The molecule has 1 N–H and O–H groups in total. The number of piperidine rings is 1. The molecular weight excluding hydrogens is 470 g/mol. The quantitative estimate of drug-likeness (QED) is 0.404. The van der Waals surface area contributed by atoms with Gasteiger partial charge in [-0.1, -0.05) is 11.3 Å². The fraction of sp³-hybridized carbons (Fsp3) is 0.375. The molecule has 0 aliphatic carbocycles. The van der Waals surface area contributed by atoms with E-state index in [-0.39, 0.29) is 23.9 Å². The Labute approximate surface area is 205 Å². The number of pyridine rings is 1. The number of aliphatic hydroxyl groups is 1. The molecule has 1 aliphatic heterocycles. The molecule has 4 heterocycles. The van der Waals surface area contributed by atoms with Crippen molar-refractivity contribution >= 4 is 11.0 Å². The lowest BCUT2D eigenvalue weighted by atomic mass is 10.0. The van der Waals surface area contributed by atoms with Crippen LogP contribution in [0.3, 0.4) is 0 Å². The number of β-amino-alcohol motifs (C(OH)–C–C–N with tert-alkyl or cyclic N) is 1. The molecule has 0 bridgehead atoms. The van der Waals surface area contributed by atoms with Crippen molar-refractivity contribution in [2.75, 3.05) is 13.1 Å². The van der Waals surface area contributed by atoms with Crippen molar-refractivity contribution in [1.29, 1.82) is 5.26 Å². The van der Waals surface area contributed by atoms with Crippen molar-refractivity contribution in [2.24, 2.45) is 0 Å². The molecule has 5 rings (SSSR count). The van der Waals surface area contributed by atoms with Crippen molar-refractivity contribution in [3.05, 3.63) is 54.2 Å². The molecule has 0 amide bonds. The second kappa shape index (κ2) is 9.50. The second-order valence-electron chi connectivity index (χ2n) is 8.72. The first-order valence-electron chi connectivity index (χ1n) is 11.5. The summed E-state index contributed by atoms with van der Waals surface area (Å²) in [4.78, 5) is 9.99. The van der Waals surface area contributed by atoms with Gasteiger partial charge in [0.1, 0.15) is 29.4 Å². The Bertz CT molecular complexity index is 1420. The Morgan fingerprint density at radius 2 is 2.08 bits per heavy atom. The number of alkyl halides is 2. The van der Waals surface area contributed by atoms with Gasteiger partial charge in [-0.15, -0.1) is 5.10 Å². The number of aliphatic hydroxyl groups excluding tert-OH is 1. The van der Waals surface area contributed by atoms with Crippen molar-refractivity contribution in [2.45, 2.75) is 45.1 Å². The highest BCUT2D eigenvalue weighted by Crippen LogP contribution is 2.37. The predicted molar refractivity (Wildman–Crippen MR) is 125 cm³/mol. The van der Waals surface area contributed by atoms with Crippen LogP contribution in [0.5, 0.6) is 5.75 Å². The number of fused-ring (bicyclic) bond motifs is 1. The maximum absolute atomic E-state index is 13.7. The number of likely N-dealkylation sites (tertiary alicyclic amines) is 1. The van der Waals surface area contributed by atoms with E-state index in [0.717, 1.165) is 10.9 Å². The molecule has 0 unspecified atom stereocenters. The molecular formula is C24H24F2N8O2. The van der Waals surface area contributed by atoms with Crippen LogP contribution in [0.4, 0.5) is 8.78 Å². The van der Waals surface area contributed by atoms with Gasteiger partial charge in [0.2, 0.25) is 0 Å². The highest BCUT2D eigenvalue weighted by Gasteiger charge is 2.31. The molecule has 36 heavy (non-hydrogen) atoms. The molecule has 1 aromatic carbocycles. The summed E-state index contributed by atoms with van der Waals surface area (Å²) in [5.74, 6) is 0.217. The maximum atomic E-state index is 13.7. The SMILES string of the molecule is Cc1c(-c2cc(O[C@H](C)c3ccccn3)c3c(c2)ncn3C(F)F)nnn1[C@@H]1CCN(C#N)C[C@H]1O. The smallest absolute Gasteiger partial charge is 0.320 e. The monoisotopic (exact) mass is 494 g/mol. The van der Waals surface area contributed by atoms with E-state index in [2.05, 4.69) is 26.5 Å². The lowest BCUT2D eigenvalue weighted by Gasteiger charge is -2.33. The van der Waals surface area contributed by atoms with Gasteiger partial charge in [-0.2, -0.15) is 14.0 Å². The maximum Gasteiger partial charge on any atom is 0.320 e. The minimum Gasteiger partial charge on any atom is -0.482 e. The largest absolute Gasteiger partial charge is 0.482 e. The number of hydrogen-bond donors (Lipinski definition) is 1. The molecule has 0 saturated carbocycles. The van der Waals surface area contributed by atoms with E-state index >= 15 is 0 Å². The first kappa shape index (κ1) is 23.6. The van der Waals surface area contributed by atoms with Gasteiger partial charge in [-0.05, 0) is 44.5 Å². The molecule has 10 nitrogen and oxygen atoms in total. The van der Waals surface area contributed by atoms with Gasteiger partial charge in [0.15, 0.2) is 6.19 Å². The number of benzene rings is 1. The van der Waals surface area contributed by atoms with E-state index < -0.39 is 18.8 Å². The minimum atomic E-state index is -2.79. The zero-order valence-corrected chi connectivity index (χ0v) is 19.7. The number of nitriles is 1. The van der Waals surface area contributed by atoms with Crippen LogP contribution in [0.15, 0.2) is 42.9 Å². The predicted octanol–water partition coefficient (Wildman–Crippen LogP) is 3.62. The second-order valence-corrected chi connectivity index (χ2v) is 8.72. The molecule has 186 valence electrons. The van der Waals surface area contributed by atoms with Gasteiger partial charge in [0.05, 0.1) is 35.6 Å². The Hall–Kier alpha value is -4.11. The van der Waals surface area contributed by atoms with Gasteiger partial charge in [-0.3, -0.25) is 9.55 Å². The lowest BCUT2D eigenvalue weighted by Crippen LogP contribution is -2.43. The number of nitrogens with zero attached hydrogens (tertiary/aromatic N) is 8. The molecule has 12 heteroatoms. The topological polar surface area (TPSA) is 118 Å². The zero-order valence-electron chi connectivity index (χ0n) is 19.7. The average Bonchev–Trinajstić information content (AvgIpc) is 3.48. The molecule has 1 aliphatic rings. The normalized spacial score (nSPS) is 19.0. The van der Waals surface area contributed by atoms with Gasteiger partial charge < -0.3 is 14.7 Å². The van der Waals surface area contributed by atoms with Crippen LogP contribution in [-0.4, -0.2) is 58.7 Å². The van der Waals surface area contributed by atoms with Crippen LogP contribution in [0, 0.1) is 18.4 Å². The highest BCUT2D eigenvalue weighted by atomic mass is 19.3. The molecule has 0 radical (unpaired) electrons. The number of rotatable bonds is 6. The highest BCUT2D eigenvalue weighted by molar-refractivity contribution is 5.87. The standard InChI is InChI=1S/C24H24F2N8O2/c1-14-22(30-31-34(14)19-6-8-32(12-27)11-20(19)35)16-9-18-23(33(13-29-18)24(25)26)21(10-16)36-15(2)17-5-3-4-7-28-17/h3-5,7,9-10,13,15,19-20,24,35H,6,8,11H2,1-2H3/t15-,19-,20-/m1/s1. The Kier molecular flexibility index (Phi) is 6.24. The third-order valence-corrected chi connectivity index (χ3v) is 6.46. The van der Waals surface area contributed by atoms with E-state index in [4.69, 9.17) is 10.00 Å². The zero-order chi connectivity index (χ0) is 25.4. The van der Waals surface area contributed by atoms with E-state index in [1.54, 1.807) is 42.1 Å². The van der Waals surface area contributed by atoms with Gasteiger partial charge >= 0.3 is 6.55 Å². The average molecular weight is 495 g/mol. The molecule has 1 fully saturated rings. The minimum absolute atomic E-state index is 0.167. The van der Waals surface area contributed by atoms with Gasteiger partial charge in [0, 0.05) is 18.3 Å². The van der Waals surface area contributed by atoms with Crippen LogP contribution in [0.25, 0.3) is 22.3 Å². The molecule has 3 aromatic heterocycles. The Balaban J connectivity index is 1.55. The summed E-state index contributed by atoms with van der Waals surface area (Å²) in [6.07, 6.45) is 4.02. The Morgan fingerprint density at radius 1 is 1.25 bits per heavy atom. The number of halogens is 2. The number of aromatic nitrogens is 6. The first-order valence-corrected chi connectivity index (χ1v) is 11.5. The lowest BCUT2D eigenvalue weighted by molar-refractivity contribution is 0.0419. The van der Waals surface area contributed by atoms with Gasteiger partial charge in [0.25, 0.3) is 0 Å². The van der Waals surface area contributed by atoms with Crippen LogP contribution < -0.4 is 4.74 Å². The summed E-state index contributed by atoms with van der Waals surface area (Å²) in [6.45, 7) is 1.55. The fourth-order valence-electron chi connectivity index (χ4n) is 4.59. The summed E-state index contributed by atoms with van der Waals surface area (Å²) < 4.78 is 36.0. The third kappa shape index (κ3) is 4.22. The van der Waals surface area contributed by atoms with Crippen molar-refractivity contribution in [3.8, 4) is 23.2 Å². The molecule has 1 saturated heterocycles. The number of ether oxygens (including phenoxy) is 1. The molecule has 3 atom stereocenters. The molecule has 0 spiro atoms. The van der Waals surface area contributed by atoms with Gasteiger partial charge in [-0.25, -0.2) is 9.67 Å². The number of imidazole rings is 1. The molecule has 4 aromatic rings. The van der Waals surface area contributed by atoms with E-state index in [1.165, 1.54) is 4.90 Å². The summed E-state index contributed by atoms with van der Waals surface area (Å²) in [5, 5.41) is 28.3. The van der Waals surface area contributed by atoms with Crippen LogP contribution in [-0.2, 0) is 0 Å².